The third-order valence-electron chi connectivity index (χ3n) is 4.40. The van der Waals surface area contributed by atoms with Crippen molar-refractivity contribution >= 4 is 5.69 Å². The van der Waals surface area contributed by atoms with Gasteiger partial charge in [-0.3, -0.25) is 0 Å². The van der Waals surface area contributed by atoms with Gasteiger partial charge in [0.1, 0.15) is 0 Å². The van der Waals surface area contributed by atoms with Gasteiger partial charge in [0.15, 0.2) is 0 Å². The molecule has 0 saturated carbocycles. The molecular weight excluding hydrogens is 222 g/mol. The number of hydrogen-bond acceptors (Lipinski definition) is 3. The summed E-state index contributed by atoms with van der Waals surface area (Å²) in [5.74, 6) is 0. The molecule has 1 fully saturated rings. The van der Waals surface area contributed by atoms with Crippen LogP contribution in [0, 0.1) is 5.41 Å². The summed E-state index contributed by atoms with van der Waals surface area (Å²) in [5, 5.41) is 0. The molecule has 0 spiro atoms. The van der Waals surface area contributed by atoms with Crippen LogP contribution in [0.3, 0.4) is 0 Å². The quantitative estimate of drug-likeness (QED) is 0.852. The number of benzene rings is 1. The fraction of sp³-hybridized carbons (Fsp3) is 0.600. The van der Waals surface area contributed by atoms with Crippen molar-refractivity contribution < 1.29 is 0 Å². The molecule has 1 aromatic rings. The first-order chi connectivity index (χ1) is 8.73. The van der Waals surface area contributed by atoms with E-state index in [9.17, 15) is 0 Å². The molecule has 0 radical (unpaired) electrons. The lowest BCUT2D eigenvalue weighted by molar-refractivity contribution is 0.238. The van der Waals surface area contributed by atoms with Gasteiger partial charge in [-0.1, -0.05) is 19.1 Å². The van der Waals surface area contributed by atoms with Gasteiger partial charge in [-0.2, -0.15) is 0 Å². The monoisotopic (exact) mass is 247 g/mol. The topological polar surface area (TPSA) is 55.3 Å². The van der Waals surface area contributed by atoms with Gasteiger partial charge in [0, 0.05) is 18.8 Å². The van der Waals surface area contributed by atoms with Crippen molar-refractivity contribution in [3.63, 3.8) is 0 Å². The van der Waals surface area contributed by atoms with Gasteiger partial charge in [-0.05, 0) is 55.5 Å². The maximum Gasteiger partial charge on any atom is 0.0366 e. The van der Waals surface area contributed by atoms with Crippen LogP contribution in [-0.4, -0.2) is 26.2 Å². The van der Waals surface area contributed by atoms with Crippen molar-refractivity contribution in [2.75, 3.05) is 31.1 Å². The zero-order chi connectivity index (χ0) is 13.0. The van der Waals surface area contributed by atoms with E-state index in [0.29, 0.717) is 13.1 Å². The SMILES string of the molecule is CCc1ccc(N2CCC(CN)(CN)CC2)cc1. The summed E-state index contributed by atoms with van der Waals surface area (Å²) in [6, 6.07) is 8.92. The Bertz CT molecular complexity index is 358. The second-order valence-corrected chi connectivity index (χ2v) is 5.42. The van der Waals surface area contributed by atoms with Crippen molar-refractivity contribution in [2.24, 2.45) is 16.9 Å². The fourth-order valence-corrected chi connectivity index (χ4v) is 2.67. The van der Waals surface area contributed by atoms with Crippen molar-refractivity contribution in [3.05, 3.63) is 29.8 Å². The molecule has 0 atom stereocenters. The summed E-state index contributed by atoms with van der Waals surface area (Å²) in [6.07, 6.45) is 3.31. The van der Waals surface area contributed by atoms with Crippen LogP contribution in [0.4, 0.5) is 5.69 Å². The molecule has 0 bridgehead atoms. The first-order valence-electron chi connectivity index (χ1n) is 6.97. The van der Waals surface area contributed by atoms with Crippen LogP contribution in [0.5, 0.6) is 0 Å². The molecule has 0 aliphatic carbocycles. The summed E-state index contributed by atoms with van der Waals surface area (Å²) < 4.78 is 0. The molecule has 1 aliphatic heterocycles. The van der Waals surface area contributed by atoms with E-state index in [1.807, 2.05) is 0 Å². The van der Waals surface area contributed by atoms with E-state index < -0.39 is 0 Å². The molecule has 0 amide bonds. The molecule has 4 N–H and O–H groups in total. The Morgan fingerprint density at radius 3 is 2.06 bits per heavy atom. The van der Waals surface area contributed by atoms with E-state index in [2.05, 4.69) is 36.1 Å². The predicted octanol–water partition coefficient (Wildman–Crippen LogP) is 1.75. The van der Waals surface area contributed by atoms with E-state index in [4.69, 9.17) is 11.5 Å². The van der Waals surface area contributed by atoms with Crippen molar-refractivity contribution in [1.82, 2.24) is 0 Å². The second-order valence-electron chi connectivity index (χ2n) is 5.42. The van der Waals surface area contributed by atoms with Crippen LogP contribution < -0.4 is 16.4 Å². The molecule has 100 valence electrons. The maximum absolute atomic E-state index is 5.87. The van der Waals surface area contributed by atoms with Gasteiger partial charge in [0.25, 0.3) is 0 Å². The average molecular weight is 247 g/mol. The smallest absolute Gasteiger partial charge is 0.0366 e. The lowest BCUT2D eigenvalue weighted by Gasteiger charge is -2.41. The molecule has 3 nitrogen and oxygen atoms in total. The predicted molar refractivity (Wildman–Crippen MR) is 77.8 cm³/mol. The second kappa shape index (κ2) is 5.72. The minimum Gasteiger partial charge on any atom is -0.371 e. The van der Waals surface area contributed by atoms with E-state index in [1.54, 1.807) is 0 Å². The van der Waals surface area contributed by atoms with E-state index in [-0.39, 0.29) is 5.41 Å². The molecule has 1 aliphatic rings. The van der Waals surface area contributed by atoms with E-state index in [1.165, 1.54) is 11.3 Å². The van der Waals surface area contributed by atoms with Gasteiger partial charge in [-0.25, -0.2) is 0 Å². The number of nitrogens with zero attached hydrogens (tertiary/aromatic N) is 1. The highest BCUT2D eigenvalue weighted by Crippen LogP contribution is 2.31. The van der Waals surface area contributed by atoms with Crippen LogP contribution in [0.25, 0.3) is 0 Å². The molecule has 1 heterocycles. The molecule has 0 unspecified atom stereocenters. The Morgan fingerprint density at radius 1 is 1.06 bits per heavy atom. The van der Waals surface area contributed by atoms with Crippen LogP contribution in [0.2, 0.25) is 0 Å². The van der Waals surface area contributed by atoms with Gasteiger partial charge >= 0.3 is 0 Å². The Hall–Kier alpha value is -1.06. The number of piperidine rings is 1. The van der Waals surface area contributed by atoms with E-state index in [0.717, 1.165) is 32.4 Å². The lowest BCUT2D eigenvalue weighted by Crippen LogP contribution is -2.47. The number of hydrogen-bond donors (Lipinski definition) is 2. The molecule has 1 aromatic carbocycles. The minimum absolute atomic E-state index is 0.180. The normalized spacial score (nSPS) is 18.9. The van der Waals surface area contributed by atoms with Crippen LogP contribution >= 0.6 is 0 Å². The van der Waals surface area contributed by atoms with Gasteiger partial charge < -0.3 is 16.4 Å². The molecule has 2 rings (SSSR count). The Labute approximate surface area is 110 Å². The summed E-state index contributed by atoms with van der Waals surface area (Å²) in [5.41, 5.74) is 14.7. The summed E-state index contributed by atoms with van der Waals surface area (Å²) in [6.45, 7) is 5.75. The summed E-state index contributed by atoms with van der Waals surface area (Å²) in [7, 11) is 0. The standard InChI is InChI=1S/C15H25N3/c1-2-13-3-5-14(6-4-13)18-9-7-15(11-16,12-17)8-10-18/h3-6H,2,7-12,16-17H2,1H3. The minimum atomic E-state index is 0.180. The van der Waals surface area contributed by atoms with Gasteiger partial charge in [0.05, 0.1) is 0 Å². The number of nitrogens with two attached hydrogens (primary N) is 2. The largest absolute Gasteiger partial charge is 0.371 e. The van der Waals surface area contributed by atoms with Crippen molar-refractivity contribution in [3.8, 4) is 0 Å². The molecule has 3 heteroatoms. The van der Waals surface area contributed by atoms with Crippen LogP contribution in [0.1, 0.15) is 25.3 Å². The first kappa shape index (κ1) is 13.4. The van der Waals surface area contributed by atoms with Crippen LogP contribution in [-0.2, 0) is 6.42 Å². The number of aryl methyl sites for hydroxylation is 1. The zero-order valence-corrected chi connectivity index (χ0v) is 11.4. The lowest BCUT2D eigenvalue weighted by atomic mass is 9.78. The molecular formula is C15H25N3. The van der Waals surface area contributed by atoms with Gasteiger partial charge in [-0.15, -0.1) is 0 Å². The number of rotatable bonds is 4. The van der Waals surface area contributed by atoms with Crippen LogP contribution in [0.15, 0.2) is 24.3 Å². The maximum atomic E-state index is 5.87. The Kier molecular flexibility index (Phi) is 4.25. The Balaban J connectivity index is 2.00. The highest BCUT2D eigenvalue weighted by molar-refractivity contribution is 5.48. The third-order valence-corrected chi connectivity index (χ3v) is 4.40. The number of anilines is 1. The zero-order valence-electron chi connectivity index (χ0n) is 11.4. The van der Waals surface area contributed by atoms with Gasteiger partial charge in [0.2, 0.25) is 0 Å². The summed E-state index contributed by atoms with van der Waals surface area (Å²) in [4.78, 5) is 2.45. The highest BCUT2D eigenvalue weighted by atomic mass is 15.1. The first-order valence-corrected chi connectivity index (χ1v) is 6.97. The van der Waals surface area contributed by atoms with Crippen molar-refractivity contribution in [2.45, 2.75) is 26.2 Å². The highest BCUT2D eigenvalue weighted by Gasteiger charge is 2.31. The third kappa shape index (κ3) is 2.68. The fourth-order valence-electron chi connectivity index (χ4n) is 2.67. The van der Waals surface area contributed by atoms with Crippen molar-refractivity contribution in [1.29, 1.82) is 0 Å². The average Bonchev–Trinajstić information content (AvgIpc) is 2.47. The molecule has 18 heavy (non-hydrogen) atoms. The summed E-state index contributed by atoms with van der Waals surface area (Å²) >= 11 is 0. The molecule has 0 aromatic heterocycles. The van der Waals surface area contributed by atoms with E-state index >= 15 is 0 Å². The molecule has 1 saturated heterocycles. The Morgan fingerprint density at radius 2 is 1.61 bits per heavy atom.